The largest absolute Gasteiger partial charge is 0.478 e. The first-order chi connectivity index (χ1) is 18.2. The Balaban J connectivity index is 1.39. The second-order valence-electron chi connectivity index (χ2n) is 9.03. The zero-order valence-electron chi connectivity index (χ0n) is 20.0. The van der Waals surface area contributed by atoms with Gasteiger partial charge in [0, 0.05) is 23.4 Å². The fourth-order valence-electron chi connectivity index (χ4n) is 4.68. The number of carbonyl (C=O) groups excluding carboxylic acids is 1. The number of anilines is 1. The Morgan fingerprint density at radius 2 is 1.66 bits per heavy atom. The van der Waals surface area contributed by atoms with E-state index in [-0.39, 0.29) is 17.2 Å². The third kappa shape index (κ3) is 5.15. The molecule has 0 radical (unpaired) electrons. The van der Waals surface area contributed by atoms with E-state index in [2.05, 4.69) is 25.4 Å². The lowest BCUT2D eigenvalue weighted by Crippen LogP contribution is -2.30. The van der Waals surface area contributed by atoms with E-state index in [4.69, 9.17) is 4.98 Å². The van der Waals surface area contributed by atoms with Gasteiger partial charge in [0.25, 0.3) is 5.91 Å². The zero-order chi connectivity index (χ0) is 26.9. The Bertz CT molecular complexity index is 1490. The molecule has 5 rings (SSSR count). The molecular formula is C26H23F3N6O3. The SMILES string of the molecule is O=C(O)c1ccc2c(c1)nc(-c1ccc(C(=O)NNc3nccc(C(F)(F)F)n3)cc1)n2C1CCCCC1. The van der Waals surface area contributed by atoms with E-state index in [1.807, 2.05) is 0 Å². The van der Waals surface area contributed by atoms with Gasteiger partial charge >= 0.3 is 12.1 Å². The average molecular weight is 525 g/mol. The van der Waals surface area contributed by atoms with E-state index in [0.29, 0.717) is 11.3 Å². The lowest BCUT2D eigenvalue weighted by Gasteiger charge is -2.25. The summed E-state index contributed by atoms with van der Waals surface area (Å²) in [4.78, 5) is 35.8. The first kappa shape index (κ1) is 25.2. The summed E-state index contributed by atoms with van der Waals surface area (Å²) in [6.45, 7) is 0. The second kappa shape index (κ2) is 10.1. The van der Waals surface area contributed by atoms with E-state index in [1.165, 1.54) is 6.42 Å². The van der Waals surface area contributed by atoms with Gasteiger partial charge in [-0.15, -0.1) is 0 Å². The minimum absolute atomic E-state index is 0.154. The summed E-state index contributed by atoms with van der Waals surface area (Å²) in [6, 6.07) is 12.5. The van der Waals surface area contributed by atoms with Crippen molar-refractivity contribution in [3.05, 3.63) is 71.5 Å². The molecule has 3 N–H and O–H groups in total. The van der Waals surface area contributed by atoms with E-state index in [0.717, 1.165) is 49.0 Å². The van der Waals surface area contributed by atoms with Crippen LogP contribution in [-0.4, -0.2) is 36.5 Å². The summed E-state index contributed by atoms with van der Waals surface area (Å²) < 4.78 is 40.7. The highest BCUT2D eigenvalue weighted by molar-refractivity contribution is 5.95. The van der Waals surface area contributed by atoms with Crippen molar-refractivity contribution in [1.82, 2.24) is 24.9 Å². The second-order valence-corrected chi connectivity index (χ2v) is 9.03. The Morgan fingerprint density at radius 3 is 2.34 bits per heavy atom. The standard InChI is InChI=1S/C26H23F3N6O3/c27-26(28,29)21-12-13-30-25(32-21)34-33-23(36)16-8-6-15(7-9-16)22-31-19-14-17(24(37)38)10-11-20(19)35(22)18-4-2-1-3-5-18/h6-14,18H,1-5H2,(H,33,36)(H,37,38)(H,30,32,34). The molecule has 0 aliphatic heterocycles. The number of nitrogens with one attached hydrogen (secondary N) is 2. The molecule has 4 aromatic rings. The third-order valence-corrected chi connectivity index (χ3v) is 6.52. The number of imidazole rings is 1. The summed E-state index contributed by atoms with van der Waals surface area (Å²) in [5.41, 5.74) is 6.04. The van der Waals surface area contributed by atoms with Crippen molar-refractivity contribution in [1.29, 1.82) is 0 Å². The van der Waals surface area contributed by atoms with Gasteiger partial charge in [-0.05, 0) is 49.2 Å². The summed E-state index contributed by atoms with van der Waals surface area (Å²) in [5, 5.41) is 9.40. The molecule has 12 heteroatoms. The molecule has 1 aliphatic rings. The first-order valence-corrected chi connectivity index (χ1v) is 12.0. The third-order valence-electron chi connectivity index (χ3n) is 6.52. The average Bonchev–Trinajstić information content (AvgIpc) is 3.31. The predicted molar refractivity (Wildman–Crippen MR) is 132 cm³/mol. The fourth-order valence-corrected chi connectivity index (χ4v) is 4.68. The molecule has 0 saturated heterocycles. The van der Waals surface area contributed by atoms with Crippen LogP contribution < -0.4 is 10.9 Å². The molecule has 196 valence electrons. The van der Waals surface area contributed by atoms with Crippen LogP contribution >= 0.6 is 0 Å². The van der Waals surface area contributed by atoms with Crippen LogP contribution in [0.15, 0.2) is 54.7 Å². The Kier molecular flexibility index (Phi) is 6.70. The maximum absolute atomic E-state index is 12.8. The number of rotatable bonds is 6. The van der Waals surface area contributed by atoms with Crippen LogP contribution in [0.2, 0.25) is 0 Å². The Labute approximate surface area is 214 Å². The van der Waals surface area contributed by atoms with Crippen LogP contribution in [0.25, 0.3) is 22.4 Å². The molecule has 1 fully saturated rings. The minimum atomic E-state index is -4.64. The highest BCUT2D eigenvalue weighted by Gasteiger charge is 2.32. The van der Waals surface area contributed by atoms with Gasteiger partial charge in [-0.25, -0.2) is 19.7 Å². The van der Waals surface area contributed by atoms with Gasteiger partial charge in [-0.2, -0.15) is 13.2 Å². The number of aromatic nitrogens is 4. The molecule has 0 atom stereocenters. The fraction of sp³-hybridized carbons (Fsp3) is 0.269. The number of hydrogen-bond donors (Lipinski definition) is 3. The molecule has 2 aromatic heterocycles. The minimum Gasteiger partial charge on any atom is -0.478 e. The topological polar surface area (TPSA) is 122 Å². The number of benzene rings is 2. The number of fused-ring (bicyclic) bond motifs is 1. The van der Waals surface area contributed by atoms with Crippen molar-refractivity contribution < 1.29 is 27.9 Å². The number of alkyl halides is 3. The van der Waals surface area contributed by atoms with Crippen LogP contribution in [0.3, 0.4) is 0 Å². The van der Waals surface area contributed by atoms with Crippen molar-refractivity contribution in [2.24, 2.45) is 0 Å². The molecule has 0 bridgehead atoms. The van der Waals surface area contributed by atoms with Gasteiger partial charge in [-0.1, -0.05) is 31.4 Å². The Morgan fingerprint density at radius 1 is 0.947 bits per heavy atom. The predicted octanol–water partition coefficient (Wildman–Crippen LogP) is 5.47. The van der Waals surface area contributed by atoms with Crippen LogP contribution in [0.5, 0.6) is 0 Å². The lowest BCUT2D eigenvalue weighted by molar-refractivity contribution is -0.141. The number of carboxylic acid groups (broad SMARTS) is 1. The number of hydrogen-bond acceptors (Lipinski definition) is 6. The summed E-state index contributed by atoms with van der Waals surface area (Å²) in [7, 11) is 0. The van der Waals surface area contributed by atoms with Crippen molar-refractivity contribution in [2.45, 2.75) is 44.3 Å². The summed E-state index contributed by atoms with van der Waals surface area (Å²) in [6.07, 6.45) is 1.65. The van der Waals surface area contributed by atoms with Crippen molar-refractivity contribution >= 4 is 28.9 Å². The maximum Gasteiger partial charge on any atom is 0.433 e. The van der Waals surface area contributed by atoms with Crippen molar-refractivity contribution in [3.63, 3.8) is 0 Å². The lowest BCUT2D eigenvalue weighted by atomic mass is 9.94. The summed E-state index contributed by atoms with van der Waals surface area (Å²) in [5.74, 6) is -1.34. The van der Waals surface area contributed by atoms with Crippen LogP contribution in [-0.2, 0) is 6.18 Å². The zero-order valence-corrected chi connectivity index (χ0v) is 20.0. The number of nitrogens with zero attached hydrogens (tertiary/aromatic N) is 4. The quantitative estimate of drug-likeness (QED) is 0.286. The molecule has 9 nitrogen and oxygen atoms in total. The highest BCUT2D eigenvalue weighted by atomic mass is 19.4. The van der Waals surface area contributed by atoms with Gasteiger partial charge in [0.2, 0.25) is 5.95 Å². The number of carbonyl (C=O) groups is 2. The molecule has 38 heavy (non-hydrogen) atoms. The monoisotopic (exact) mass is 524 g/mol. The number of aromatic carboxylic acids is 1. The number of carboxylic acids is 1. The summed E-state index contributed by atoms with van der Waals surface area (Å²) >= 11 is 0. The van der Waals surface area contributed by atoms with Gasteiger partial charge in [0.1, 0.15) is 11.5 Å². The molecule has 0 unspecified atom stereocenters. The molecule has 2 aromatic carbocycles. The van der Waals surface area contributed by atoms with Crippen molar-refractivity contribution in [3.8, 4) is 11.4 Å². The molecule has 2 heterocycles. The molecule has 1 amide bonds. The van der Waals surface area contributed by atoms with Crippen LogP contribution in [0.4, 0.5) is 19.1 Å². The highest BCUT2D eigenvalue weighted by Crippen LogP contribution is 2.36. The smallest absolute Gasteiger partial charge is 0.433 e. The Hall–Kier alpha value is -4.48. The van der Waals surface area contributed by atoms with E-state index in [9.17, 15) is 27.9 Å². The van der Waals surface area contributed by atoms with Crippen LogP contribution in [0.1, 0.15) is 64.6 Å². The van der Waals surface area contributed by atoms with Crippen LogP contribution in [0, 0.1) is 0 Å². The van der Waals surface area contributed by atoms with E-state index in [1.54, 1.807) is 42.5 Å². The number of amides is 1. The first-order valence-electron chi connectivity index (χ1n) is 12.0. The van der Waals surface area contributed by atoms with Crippen molar-refractivity contribution in [2.75, 3.05) is 5.43 Å². The number of halogens is 3. The maximum atomic E-state index is 12.8. The van der Waals surface area contributed by atoms with Gasteiger partial charge in [-0.3, -0.25) is 15.6 Å². The van der Waals surface area contributed by atoms with Gasteiger partial charge in [0.05, 0.1) is 16.6 Å². The normalized spacial score (nSPS) is 14.4. The van der Waals surface area contributed by atoms with E-state index >= 15 is 0 Å². The van der Waals surface area contributed by atoms with Gasteiger partial charge < -0.3 is 9.67 Å². The van der Waals surface area contributed by atoms with Gasteiger partial charge in [0.15, 0.2) is 0 Å². The number of hydrazine groups is 1. The molecular weight excluding hydrogens is 501 g/mol. The van der Waals surface area contributed by atoms with E-state index < -0.39 is 29.7 Å². The molecule has 1 aliphatic carbocycles. The molecule has 1 saturated carbocycles. The molecule has 0 spiro atoms.